The maximum Gasteiger partial charge on any atom is 0.228 e. The number of carbonyl (C=O) groups is 2. The van der Waals surface area contributed by atoms with Gasteiger partial charge in [-0.25, -0.2) is 0 Å². The Labute approximate surface area is 137 Å². The standard InChI is InChI=1S/C18H24N2O3/c1-19-12-14(11-17(19)21)18(22)20-8-4-6-15(20)9-13-5-3-7-16(10-13)23-2/h3,5,7,10,14-15H,4,6,8-9,11-12H2,1-2H3/t14-,15+/m0/s1. The molecule has 5 heteroatoms. The van der Waals surface area contributed by atoms with Crippen LogP contribution in [0, 0.1) is 5.92 Å². The first kappa shape index (κ1) is 15.8. The summed E-state index contributed by atoms with van der Waals surface area (Å²) in [7, 11) is 3.44. The van der Waals surface area contributed by atoms with E-state index in [1.807, 2.05) is 23.1 Å². The first-order chi connectivity index (χ1) is 11.1. The molecule has 0 N–H and O–H groups in total. The van der Waals surface area contributed by atoms with Gasteiger partial charge in [-0.15, -0.1) is 0 Å². The summed E-state index contributed by atoms with van der Waals surface area (Å²) in [5.74, 6) is 0.903. The van der Waals surface area contributed by atoms with Gasteiger partial charge in [0.25, 0.3) is 0 Å². The molecular formula is C18H24N2O3. The highest BCUT2D eigenvalue weighted by Crippen LogP contribution is 2.27. The Morgan fingerprint density at radius 1 is 1.39 bits per heavy atom. The summed E-state index contributed by atoms with van der Waals surface area (Å²) in [5, 5.41) is 0. The summed E-state index contributed by atoms with van der Waals surface area (Å²) in [6.45, 7) is 1.36. The molecule has 0 aliphatic carbocycles. The highest BCUT2D eigenvalue weighted by molar-refractivity contribution is 5.89. The average Bonchev–Trinajstić information content (AvgIpc) is 3.14. The second kappa shape index (κ2) is 6.60. The minimum Gasteiger partial charge on any atom is -0.497 e. The van der Waals surface area contributed by atoms with E-state index >= 15 is 0 Å². The molecule has 2 fully saturated rings. The number of nitrogens with zero attached hydrogens (tertiary/aromatic N) is 2. The van der Waals surface area contributed by atoms with Crippen LogP contribution in [-0.4, -0.2) is 54.9 Å². The number of likely N-dealkylation sites (tertiary alicyclic amines) is 2. The Morgan fingerprint density at radius 3 is 2.91 bits per heavy atom. The molecule has 23 heavy (non-hydrogen) atoms. The topological polar surface area (TPSA) is 49.9 Å². The number of hydrogen-bond acceptors (Lipinski definition) is 3. The number of benzene rings is 1. The van der Waals surface area contributed by atoms with Gasteiger partial charge in [-0.3, -0.25) is 9.59 Å². The zero-order valence-corrected chi connectivity index (χ0v) is 13.8. The molecule has 3 rings (SSSR count). The fourth-order valence-corrected chi connectivity index (χ4v) is 3.67. The van der Waals surface area contributed by atoms with Crippen molar-refractivity contribution in [1.29, 1.82) is 0 Å². The molecular weight excluding hydrogens is 292 g/mol. The predicted octanol–water partition coefficient (Wildman–Crippen LogP) is 1.71. The lowest BCUT2D eigenvalue weighted by atomic mass is 10.0. The fraction of sp³-hybridized carbons (Fsp3) is 0.556. The highest BCUT2D eigenvalue weighted by atomic mass is 16.5. The number of carbonyl (C=O) groups excluding carboxylic acids is 2. The first-order valence-corrected chi connectivity index (χ1v) is 8.26. The fourth-order valence-electron chi connectivity index (χ4n) is 3.67. The molecule has 0 aromatic heterocycles. The van der Waals surface area contributed by atoms with Gasteiger partial charge in [0.05, 0.1) is 13.0 Å². The van der Waals surface area contributed by atoms with Crippen LogP contribution in [0.5, 0.6) is 5.75 Å². The normalized spacial score (nSPS) is 24.3. The zero-order valence-electron chi connectivity index (χ0n) is 13.8. The molecule has 0 bridgehead atoms. The second-order valence-corrected chi connectivity index (χ2v) is 6.56. The van der Waals surface area contributed by atoms with Crippen molar-refractivity contribution in [3.8, 4) is 5.75 Å². The molecule has 0 saturated carbocycles. The summed E-state index contributed by atoms with van der Waals surface area (Å²) < 4.78 is 5.27. The summed E-state index contributed by atoms with van der Waals surface area (Å²) >= 11 is 0. The molecule has 0 radical (unpaired) electrons. The van der Waals surface area contributed by atoms with Crippen LogP contribution in [0.2, 0.25) is 0 Å². The van der Waals surface area contributed by atoms with Crippen molar-refractivity contribution in [2.24, 2.45) is 5.92 Å². The molecule has 0 spiro atoms. The third kappa shape index (κ3) is 3.33. The van der Waals surface area contributed by atoms with Crippen molar-refractivity contribution in [2.75, 3.05) is 27.2 Å². The number of methoxy groups -OCH3 is 1. The van der Waals surface area contributed by atoms with Crippen LogP contribution in [0.1, 0.15) is 24.8 Å². The molecule has 124 valence electrons. The van der Waals surface area contributed by atoms with Crippen molar-refractivity contribution in [3.63, 3.8) is 0 Å². The van der Waals surface area contributed by atoms with Crippen molar-refractivity contribution in [2.45, 2.75) is 31.7 Å². The second-order valence-electron chi connectivity index (χ2n) is 6.56. The molecule has 1 aromatic rings. The lowest BCUT2D eigenvalue weighted by Gasteiger charge is -2.27. The van der Waals surface area contributed by atoms with E-state index in [0.29, 0.717) is 13.0 Å². The van der Waals surface area contributed by atoms with Crippen LogP contribution in [0.4, 0.5) is 0 Å². The van der Waals surface area contributed by atoms with Crippen molar-refractivity contribution >= 4 is 11.8 Å². The van der Waals surface area contributed by atoms with E-state index in [2.05, 4.69) is 6.07 Å². The van der Waals surface area contributed by atoms with E-state index in [9.17, 15) is 9.59 Å². The summed E-state index contributed by atoms with van der Waals surface area (Å²) in [6.07, 6.45) is 3.27. The third-order valence-corrected chi connectivity index (χ3v) is 4.96. The molecule has 2 atom stereocenters. The summed E-state index contributed by atoms with van der Waals surface area (Å²) in [5.41, 5.74) is 1.19. The molecule has 1 aromatic carbocycles. The lowest BCUT2D eigenvalue weighted by molar-refractivity contribution is -0.136. The Bertz CT molecular complexity index is 602. The number of hydrogen-bond donors (Lipinski definition) is 0. The van der Waals surface area contributed by atoms with Crippen molar-refractivity contribution in [3.05, 3.63) is 29.8 Å². The molecule has 5 nitrogen and oxygen atoms in total. The monoisotopic (exact) mass is 316 g/mol. The lowest BCUT2D eigenvalue weighted by Crippen LogP contribution is -2.41. The molecule has 2 aliphatic heterocycles. The van der Waals surface area contributed by atoms with E-state index in [1.54, 1.807) is 19.1 Å². The van der Waals surface area contributed by atoms with E-state index in [0.717, 1.165) is 31.6 Å². The largest absolute Gasteiger partial charge is 0.497 e. The number of rotatable bonds is 4. The Hall–Kier alpha value is -2.04. The summed E-state index contributed by atoms with van der Waals surface area (Å²) in [6, 6.07) is 8.26. The van der Waals surface area contributed by atoms with E-state index in [-0.39, 0.29) is 23.8 Å². The molecule has 2 saturated heterocycles. The van der Waals surface area contributed by atoms with E-state index in [1.165, 1.54) is 5.56 Å². The minimum atomic E-state index is -0.168. The predicted molar refractivity (Wildman–Crippen MR) is 87.2 cm³/mol. The SMILES string of the molecule is COc1cccc(C[C@H]2CCCN2C(=O)[C@H]2CC(=O)N(C)C2)c1. The Balaban J connectivity index is 1.67. The van der Waals surface area contributed by atoms with Crippen LogP contribution in [0.3, 0.4) is 0 Å². The van der Waals surface area contributed by atoms with Gasteiger partial charge in [0, 0.05) is 32.6 Å². The van der Waals surface area contributed by atoms with E-state index < -0.39 is 0 Å². The van der Waals surface area contributed by atoms with Crippen molar-refractivity contribution < 1.29 is 14.3 Å². The van der Waals surface area contributed by atoms with Crippen LogP contribution < -0.4 is 4.74 Å². The van der Waals surface area contributed by atoms with E-state index in [4.69, 9.17) is 4.74 Å². The molecule has 2 amide bonds. The maximum atomic E-state index is 12.8. The Kier molecular flexibility index (Phi) is 4.55. The summed E-state index contributed by atoms with van der Waals surface area (Å²) in [4.78, 5) is 28.1. The van der Waals surface area contributed by atoms with Crippen molar-refractivity contribution in [1.82, 2.24) is 9.80 Å². The smallest absolute Gasteiger partial charge is 0.228 e. The van der Waals surface area contributed by atoms with Gasteiger partial charge >= 0.3 is 0 Å². The number of amides is 2. The maximum absolute atomic E-state index is 12.8. The first-order valence-electron chi connectivity index (χ1n) is 8.26. The molecule has 2 heterocycles. The van der Waals surface area contributed by atoms with Gasteiger partial charge in [-0.2, -0.15) is 0 Å². The highest BCUT2D eigenvalue weighted by Gasteiger charge is 2.38. The van der Waals surface area contributed by atoms with Crippen LogP contribution in [0.15, 0.2) is 24.3 Å². The molecule has 0 unspecified atom stereocenters. The van der Waals surface area contributed by atoms with Crippen LogP contribution in [0.25, 0.3) is 0 Å². The van der Waals surface area contributed by atoms with Gasteiger partial charge in [-0.05, 0) is 37.0 Å². The van der Waals surface area contributed by atoms with Gasteiger partial charge in [0.15, 0.2) is 0 Å². The number of ether oxygens (including phenoxy) is 1. The Morgan fingerprint density at radius 2 is 2.22 bits per heavy atom. The molecule has 2 aliphatic rings. The van der Waals surface area contributed by atoms with Gasteiger partial charge in [0.2, 0.25) is 11.8 Å². The van der Waals surface area contributed by atoms with Crippen LogP contribution in [-0.2, 0) is 16.0 Å². The van der Waals surface area contributed by atoms with Gasteiger partial charge in [-0.1, -0.05) is 12.1 Å². The van der Waals surface area contributed by atoms with Gasteiger partial charge in [0.1, 0.15) is 5.75 Å². The van der Waals surface area contributed by atoms with Gasteiger partial charge < -0.3 is 14.5 Å². The average molecular weight is 316 g/mol. The quantitative estimate of drug-likeness (QED) is 0.849. The zero-order chi connectivity index (χ0) is 16.4. The van der Waals surface area contributed by atoms with Crippen LogP contribution >= 0.6 is 0 Å². The minimum absolute atomic E-state index is 0.0758. The third-order valence-electron chi connectivity index (χ3n) is 4.96.